The molecule has 4 heteroatoms. The van der Waals surface area contributed by atoms with Crippen molar-refractivity contribution in [1.82, 2.24) is 0 Å². The van der Waals surface area contributed by atoms with Gasteiger partial charge in [0.25, 0.3) is 0 Å². The Balaban J connectivity index is 2.05. The number of anilines is 1. The van der Waals surface area contributed by atoms with Crippen LogP contribution in [-0.4, -0.2) is 18.8 Å². The number of benzene rings is 2. The highest BCUT2D eigenvalue weighted by atomic mass is 16.5. The number of aliphatic hydroxyl groups excluding tert-OH is 1. The maximum absolute atomic E-state index is 9.40. The van der Waals surface area contributed by atoms with Crippen LogP contribution in [0.2, 0.25) is 0 Å². The number of hydrogen-bond donors (Lipinski definition) is 2. The van der Waals surface area contributed by atoms with E-state index in [1.165, 1.54) is 0 Å². The molecule has 0 amide bonds. The summed E-state index contributed by atoms with van der Waals surface area (Å²) in [6, 6.07) is 13.7. The van der Waals surface area contributed by atoms with Gasteiger partial charge in [0.05, 0.1) is 20.3 Å². The summed E-state index contributed by atoms with van der Waals surface area (Å²) in [5.41, 5.74) is 2.87. The molecule has 0 heterocycles. The van der Waals surface area contributed by atoms with Crippen LogP contribution >= 0.6 is 0 Å². The van der Waals surface area contributed by atoms with E-state index < -0.39 is 0 Å². The van der Waals surface area contributed by atoms with Crippen LogP contribution in [0.5, 0.6) is 11.5 Å². The summed E-state index contributed by atoms with van der Waals surface area (Å²) in [6.45, 7) is 3.17. The maximum Gasteiger partial charge on any atom is 0.124 e. The van der Waals surface area contributed by atoms with Crippen molar-refractivity contribution >= 4 is 5.69 Å². The van der Waals surface area contributed by atoms with Gasteiger partial charge in [-0.25, -0.2) is 0 Å². The molecule has 0 aromatic heterocycles. The Hall–Kier alpha value is -2.20. The fourth-order valence-electron chi connectivity index (χ4n) is 2.10. The van der Waals surface area contributed by atoms with Crippen molar-refractivity contribution in [2.45, 2.75) is 20.1 Å². The molecule has 112 valence electrons. The molecule has 0 unspecified atom stereocenters. The van der Waals surface area contributed by atoms with Crippen molar-refractivity contribution in [2.24, 2.45) is 0 Å². The third-order valence-electron chi connectivity index (χ3n) is 3.16. The quantitative estimate of drug-likeness (QED) is 0.821. The third-order valence-corrected chi connectivity index (χ3v) is 3.16. The topological polar surface area (TPSA) is 50.7 Å². The van der Waals surface area contributed by atoms with Gasteiger partial charge in [-0.1, -0.05) is 12.1 Å². The SMILES string of the molecule is CCOc1ccc(NCc2cccc(OC)c2)cc1CO. The Labute approximate surface area is 125 Å². The molecule has 0 atom stereocenters. The first kappa shape index (κ1) is 15.2. The highest BCUT2D eigenvalue weighted by Gasteiger charge is 2.04. The first-order valence-corrected chi connectivity index (χ1v) is 7.00. The Morgan fingerprint density at radius 2 is 2.00 bits per heavy atom. The summed E-state index contributed by atoms with van der Waals surface area (Å²) >= 11 is 0. The van der Waals surface area contributed by atoms with Gasteiger partial charge in [-0.2, -0.15) is 0 Å². The molecule has 0 saturated heterocycles. The molecule has 2 rings (SSSR count). The largest absolute Gasteiger partial charge is 0.497 e. The Morgan fingerprint density at radius 1 is 1.14 bits per heavy atom. The molecule has 0 bridgehead atoms. The summed E-state index contributed by atoms with van der Waals surface area (Å²) in [5, 5.41) is 12.7. The van der Waals surface area contributed by atoms with E-state index in [-0.39, 0.29) is 6.61 Å². The molecule has 0 aliphatic rings. The van der Waals surface area contributed by atoms with E-state index in [0.717, 1.165) is 28.3 Å². The van der Waals surface area contributed by atoms with Crippen LogP contribution in [0.4, 0.5) is 5.69 Å². The number of aliphatic hydroxyl groups is 1. The zero-order chi connectivity index (χ0) is 15.1. The van der Waals surface area contributed by atoms with E-state index in [0.29, 0.717) is 13.2 Å². The number of rotatable bonds is 7. The predicted molar refractivity (Wildman–Crippen MR) is 83.9 cm³/mol. The summed E-state index contributed by atoms with van der Waals surface area (Å²) in [4.78, 5) is 0. The number of methoxy groups -OCH3 is 1. The van der Waals surface area contributed by atoms with Gasteiger partial charge in [-0.3, -0.25) is 0 Å². The number of ether oxygens (including phenoxy) is 2. The Kier molecular flexibility index (Phi) is 5.46. The monoisotopic (exact) mass is 287 g/mol. The van der Waals surface area contributed by atoms with Gasteiger partial charge in [-0.05, 0) is 42.8 Å². The summed E-state index contributed by atoms with van der Waals surface area (Å²) in [5.74, 6) is 1.57. The van der Waals surface area contributed by atoms with Crippen molar-refractivity contribution in [3.63, 3.8) is 0 Å². The molecule has 0 fully saturated rings. The second kappa shape index (κ2) is 7.55. The molecule has 0 spiro atoms. The van der Waals surface area contributed by atoms with Gasteiger partial charge in [0.1, 0.15) is 11.5 Å². The Morgan fingerprint density at radius 3 is 2.71 bits per heavy atom. The smallest absolute Gasteiger partial charge is 0.124 e. The van der Waals surface area contributed by atoms with E-state index in [4.69, 9.17) is 9.47 Å². The third kappa shape index (κ3) is 4.13. The molecule has 0 saturated carbocycles. The molecule has 0 radical (unpaired) electrons. The van der Waals surface area contributed by atoms with Crippen LogP contribution in [0.3, 0.4) is 0 Å². The molecule has 2 N–H and O–H groups in total. The van der Waals surface area contributed by atoms with Crippen molar-refractivity contribution in [3.05, 3.63) is 53.6 Å². The van der Waals surface area contributed by atoms with Gasteiger partial charge in [0.15, 0.2) is 0 Å². The minimum atomic E-state index is -0.0377. The summed E-state index contributed by atoms with van der Waals surface area (Å²) in [7, 11) is 1.66. The van der Waals surface area contributed by atoms with Crippen molar-refractivity contribution in [3.8, 4) is 11.5 Å². The minimum absolute atomic E-state index is 0.0377. The number of hydrogen-bond acceptors (Lipinski definition) is 4. The van der Waals surface area contributed by atoms with Gasteiger partial charge >= 0.3 is 0 Å². The zero-order valence-electron chi connectivity index (χ0n) is 12.4. The lowest BCUT2D eigenvalue weighted by atomic mass is 10.1. The van der Waals surface area contributed by atoms with Gasteiger partial charge in [0.2, 0.25) is 0 Å². The fraction of sp³-hybridized carbons (Fsp3) is 0.294. The van der Waals surface area contributed by atoms with E-state index in [9.17, 15) is 5.11 Å². The summed E-state index contributed by atoms with van der Waals surface area (Å²) < 4.78 is 10.7. The maximum atomic E-state index is 9.40. The summed E-state index contributed by atoms with van der Waals surface area (Å²) in [6.07, 6.45) is 0. The lowest BCUT2D eigenvalue weighted by Gasteiger charge is -2.12. The second-order valence-electron chi connectivity index (χ2n) is 4.62. The average Bonchev–Trinajstić information content (AvgIpc) is 2.54. The van der Waals surface area contributed by atoms with Gasteiger partial charge < -0.3 is 19.9 Å². The molecule has 0 aliphatic heterocycles. The van der Waals surface area contributed by atoms with Crippen molar-refractivity contribution < 1.29 is 14.6 Å². The molecule has 0 aliphatic carbocycles. The van der Waals surface area contributed by atoms with E-state index in [2.05, 4.69) is 5.32 Å². The van der Waals surface area contributed by atoms with Gasteiger partial charge in [0, 0.05) is 17.8 Å². The van der Waals surface area contributed by atoms with E-state index in [1.54, 1.807) is 7.11 Å². The van der Waals surface area contributed by atoms with Crippen LogP contribution in [0.25, 0.3) is 0 Å². The lowest BCUT2D eigenvalue weighted by molar-refractivity contribution is 0.267. The molecular formula is C17H21NO3. The van der Waals surface area contributed by atoms with E-state index >= 15 is 0 Å². The van der Waals surface area contributed by atoms with Crippen molar-refractivity contribution in [2.75, 3.05) is 19.0 Å². The predicted octanol–water partition coefficient (Wildman–Crippen LogP) is 3.20. The molecule has 2 aromatic rings. The van der Waals surface area contributed by atoms with Crippen LogP contribution in [0.15, 0.2) is 42.5 Å². The number of nitrogens with one attached hydrogen (secondary N) is 1. The van der Waals surface area contributed by atoms with Crippen LogP contribution in [0.1, 0.15) is 18.1 Å². The zero-order valence-corrected chi connectivity index (χ0v) is 12.4. The van der Waals surface area contributed by atoms with E-state index in [1.807, 2.05) is 49.4 Å². The van der Waals surface area contributed by atoms with Gasteiger partial charge in [-0.15, -0.1) is 0 Å². The highest BCUT2D eigenvalue weighted by Crippen LogP contribution is 2.23. The molecule has 4 nitrogen and oxygen atoms in total. The highest BCUT2D eigenvalue weighted by molar-refractivity contribution is 5.51. The molecular weight excluding hydrogens is 266 g/mol. The fourth-order valence-corrected chi connectivity index (χ4v) is 2.10. The lowest BCUT2D eigenvalue weighted by Crippen LogP contribution is -2.02. The first-order valence-electron chi connectivity index (χ1n) is 7.00. The standard InChI is InChI=1S/C17H21NO3/c1-3-21-17-8-7-15(10-14(17)12-19)18-11-13-5-4-6-16(9-13)20-2/h4-10,18-19H,3,11-12H2,1-2H3. The van der Waals surface area contributed by atoms with Crippen LogP contribution < -0.4 is 14.8 Å². The van der Waals surface area contributed by atoms with Crippen molar-refractivity contribution in [1.29, 1.82) is 0 Å². The normalized spacial score (nSPS) is 10.2. The minimum Gasteiger partial charge on any atom is -0.497 e. The first-order chi connectivity index (χ1) is 10.3. The average molecular weight is 287 g/mol. The van der Waals surface area contributed by atoms with Crippen LogP contribution in [-0.2, 0) is 13.2 Å². The molecule has 2 aromatic carbocycles. The Bertz CT molecular complexity index is 584. The van der Waals surface area contributed by atoms with Crippen LogP contribution in [0, 0.1) is 0 Å². The molecule has 21 heavy (non-hydrogen) atoms. The second-order valence-corrected chi connectivity index (χ2v) is 4.62.